The van der Waals surface area contributed by atoms with E-state index in [-0.39, 0.29) is 0 Å². The normalized spacial score (nSPS) is 12.5. The van der Waals surface area contributed by atoms with Crippen LogP contribution in [0.3, 0.4) is 0 Å². The molecule has 0 saturated carbocycles. The minimum atomic E-state index is 0.314. The fourth-order valence-electron chi connectivity index (χ4n) is 2.25. The van der Waals surface area contributed by atoms with Gasteiger partial charge in [0.1, 0.15) is 5.01 Å². The van der Waals surface area contributed by atoms with Crippen molar-refractivity contribution in [2.75, 3.05) is 7.05 Å². The number of nitrogens with zero attached hydrogens (tertiary/aromatic N) is 4. The highest BCUT2D eigenvalue weighted by Crippen LogP contribution is 2.26. The van der Waals surface area contributed by atoms with Crippen molar-refractivity contribution in [3.8, 4) is 10.7 Å². The van der Waals surface area contributed by atoms with Gasteiger partial charge in [-0.3, -0.25) is 14.9 Å². The molecule has 0 spiro atoms. The molecule has 22 heavy (non-hydrogen) atoms. The van der Waals surface area contributed by atoms with E-state index in [4.69, 9.17) is 0 Å². The summed E-state index contributed by atoms with van der Waals surface area (Å²) in [4.78, 5) is 16.6. The summed E-state index contributed by atoms with van der Waals surface area (Å²) in [7, 11) is 2.12. The molecule has 0 aliphatic heterocycles. The van der Waals surface area contributed by atoms with Gasteiger partial charge in [0.05, 0.1) is 5.69 Å². The van der Waals surface area contributed by atoms with Crippen LogP contribution in [0.4, 0.5) is 0 Å². The zero-order valence-electron chi connectivity index (χ0n) is 12.7. The standard InChI is InChI=1S/C17H18N4S/c1-13(14-6-5-8-18-10-14)21(2)12-15-11-20-17(22-15)16-7-3-4-9-19-16/h3-11,13H,12H2,1-2H3. The lowest BCUT2D eigenvalue weighted by Gasteiger charge is -2.23. The second-order valence-corrected chi connectivity index (χ2v) is 6.34. The van der Waals surface area contributed by atoms with Gasteiger partial charge in [0, 0.05) is 42.3 Å². The zero-order chi connectivity index (χ0) is 15.4. The van der Waals surface area contributed by atoms with E-state index in [1.165, 1.54) is 10.4 Å². The Kier molecular flexibility index (Phi) is 4.56. The highest BCUT2D eigenvalue weighted by atomic mass is 32.1. The topological polar surface area (TPSA) is 41.9 Å². The van der Waals surface area contributed by atoms with Crippen LogP contribution in [0, 0.1) is 0 Å². The van der Waals surface area contributed by atoms with E-state index >= 15 is 0 Å². The number of pyridine rings is 2. The summed E-state index contributed by atoms with van der Waals surface area (Å²) < 4.78 is 0. The Hall–Kier alpha value is -2.11. The maximum atomic E-state index is 4.49. The summed E-state index contributed by atoms with van der Waals surface area (Å²) in [5.41, 5.74) is 2.15. The fraction of sp³-hybridized carbons (Fsp3) is 0.235. The molecule has 3 heterocycles. The Labute approximate surface area is 134 Å². The Morgan fingerprint density at radius 1 is 1.09 bits per heavy atom. The van der Waals surface area contributed by atoms with Gasteiger partial charge in [-0.2, -0.15) is 0 Å². The first-order chi connectivity index (χ1) is 10.7. The van der Waals surface area contributed by atoms with Crippen molar-refractivity contribution < 1.29 is 0 Å². The van der Waals surface area contributed by atoms with Crippen LogP contribution in [0.25, 0.3) is 10.7 Å². The fourth-order valence-corrected chi connectivity index (χ4v) is 3.20. The Balaban J connectivity index is 1.70. The van der Waals surface area contributed by atoms with Crippen LogP contribution in [-0.2, 0) is 6.54 Å². The Morgan fingerprint density at radius 2 is 2.00 bits per heavy atom. The highest BCUT2D eigenvalue weighted by Gasteiger charge is 2.14. The lowest BCUT2D eigenvalue weighted by Crippen LogP contribution is -2.21. The molecule has 0 radical (unpaired) electrons. The summed E-state index contributed by atoms with van der Waals surface area (Å²) in [6.07, 6.45) is 7.47. The molecule has 4 nitrogen and oxygen atoms in total. The molecule has 0 fully saturated rings. The van der Waals surface area contributed by atoms with Crippen molar-refractivity contribution in [3.63, 3.8) is 0 Å². The summed E-state index contributed by atoms with van der Waals surface area (Å²) in [6, 6.07) is 10.3. The van der Waals surface area contributed by atoms with E-state index in [0.717, 1.165) is 17.2 Å². The van der Waals surface area contributed by atoms with E-state index in [2.05, 4.69) is 39.9 Å². The van der Waals surface area contributed by atoms with Crippen molar-refractivity contribution in [2.24, 2.45) is 0 Å². The van der Waals surface area contributed by atoms with Crippen LogP contribution in [0.5, 0.6) is 0 Å². The number of rotatable bonds is 5. The third-order valence-electron chi connectivity index (χ3n) is 3.67. The SMILES string of the molecule is CC(c1cccnc1)N(C)Cc1cnc(-c2ccccn2)s1. The van der Waals surface area contributed by atoms with Gasteiger partial charge in [-0.1, -0.05) is 12.1 Å². The molecule has 0 aromatic carbocycles. The van der Waals surface area contributed by atoms with Gasteiger partial charge in [-0.15, -0.1) is 11.3 Å². The maximum Gasteiger partial charge on any atom is 0.142 e. The molecule has 1 atom stereocenters. The summed E-state index contributed by atoms with van der Waals surface area (Å²) >= 11 is 1.70. The molecule has 3 aromatic rings. The van der Waals surface area contributed by atoms with E-state index in [1.54, 1.807) is 23.7 Å². The van der Waals surface area contributed by atoms with Crippen molar-refractivity contribution in [3.05, 3.63) is 65.6 Å². The van der Waals surface area contributed by atoms with Crippen LogP contribution in [0.15, 0.2) is 55.1 Å². The van der Waals surface area contributed by atoms with E-state index < -0.39 is 0 Å². The van der Waals surface area contributed by atoms with Crippen LogP contribution < -0.4 is 0 Å². The van der Waals surface area contributed by atoms with Crippen molar-refractivity contribution in [2.45, 2.75) is 19.5 Å². The second kappa shape index (κ2) is 6.77. The molecule has 0 bridgehead atoms. The zero-order valence-corrected chi connectivity index (χ0v) is 13.5. The first-order valence-corrected chi connectivity index (χ1v) is 8.02. The molecule has 3 aromatic heterocycles. The lowest BCUT2D eigenvalue weighted by molar-refractivity contribution is 0.255. The van der Waals surface area contributed by atoms with Gasteiger partial charge in [0.15, 0.2) is 0 Å². The number of thiazole rings is 1. The second-order valence-electron chi connectivity index (χ2n) is 5.22. The third kappa shape index (κ3) is 3.37. The van der Waals surface area contributed by atoms with Gasteiger partial charge in [0.2, 0.25) is 0 Å². The number of hydrogen-bond acceptors (Lipinski definition) is 5. The third-order valence-corrected chi connectivity index (χ3v) is 4.68. The molecule has 0 saturated heterocycles. The Bertz CT molecular complexity index is 712. The monoisotopic (exact) mass is 310 g/mol. The molecule has 0 aliphatic carbocycles. The first-order valence-electron chi connectivity index (χ1n) is 7.20. The van der Waals surface area contributed by atoms with E-state index in [1.807, 2.05) is 36.7 Å². The maximum absolute atomic E-state index is 4.49. The summed E-state index contributed by atoms with van der Waals surface area (Å²) in [5.74, 6) is 0. The van der Waals surface area contributed by atoms with E-state index in [0.29, 0.717) is 6.04 Å². The molecular formula is C17H18N4S. The first kappa shape index (κ1) is 14.8. The van der Waals surface area contributed by atoms with Gasteiger partial charge in [-0.25, -0.2) is 4.98 Å². The molecule has 0 aliphatic rings. The molecule has 0 amide bonds. The van der Waals surface area contributed by atoms with Crippen molar-refractivity contribution >= 4 is 11.3 Å². The van der Waals surface area contributed by atoms with Crippen LogP contribution >= 0.6 is 11.3 Å². The summed E-state index contributed by atoms with van der Waals surface area (Å²) in [5, 5.41) is 0.970. The predicted molar refractivity (Wildman–Crippen MR) is 89.5 cm³/mol. The Morgan fingerprint density at radius 3 is 2.73 bits per heavy atom. The molecular weight excluding hydrogens is 292 g/mol. The predicted octanol–water partition coefficient (Wildman–Crippen LogP) is 3.79. The number of hydrogen-bond donors (Lipinski definition) is 0. The number of aromatic nitrogens is 3. The van der Waals surface area contributed by atoms with Gasteiger partial charge < -0.3 is 0 Å². The van der Waals surface area contributed by atoms with Gasteiger partial charge in [-0.05, 0) is 37.7 Å². The minimum absolute atomic E-state index is 0.314. The summed E-state index contributed by atoms with van der Waals surface area (Å²) in [6.45, 7) is 3.05. The quantitative estimate of drug-likeness (QED) is 0.719. The molecule has 3 rings (SSSR count). The molecule has 5 heteroatoms. The van der Waals surface area contributed by atoms with Crippen molar-refractivity contribution in [1.29, 1.82) is 0 Å². The largest absolute Gasteiger partial charge is 0.294 e. The molecule has 0 N–H and O–H groups in total. The van der Waals surface area contributed by atoms with Crippen LogP contribution in [-0.4, -0.2) is 26.9 Å². The lowest BCUT2D eigenvalue weighted by atomic mass is 10.1. The van der Waals surface area contributed by atoms with E-state index in [9.17, 15) is 0 Å². The average molecular weight is 310 g/mol. The molecule has 1 unspecified atom stereocenters. The van der Waals surface area contributed by atoms with Gasteiger partial charge >= 0.3 is 0 Å². The van der Waals surface area contributed by atoms with Crippen molar-refractivity contribution in [1.82, 2.24) is 19.9 Å². The van der Waals surface area contributed by atoms with Crippen LogP contribution in [0.2, 0.25) is 0 Å². The average Bonchev–Trinajstić information content (AvgIpc) is 3.04. The molecule has 112 valence electrons. The smallest absolute Gasteiger partial charge is 0.142 e. The minimum Gasteiger partial charge on any atom is -0.294 e. The van der Waals surface area contributed by atoms with Gasteiger partial charge in [0.25, 0.3) is 0 Å². The highest BCUT2D eigenvalue weighted by molar-refractivity contribution is 7.14. The van der Waals surface area contributed by atoms with Crippen LogP contribution in [0.1, 0.15) is 23.4 Å².